The number of rotatable bonds is 6. The number of carbonyl (C=O) groups is 2. The van der Waals surface area contributed by atoms with Crippen molar-refractivity contribution in [2.75, 3.05) is 0 Å². The van der Waals surface area contributed by atoms with Gasteiger partial charge in [0, 0.05) is 18.6 Å². The van der Waals surface area contributed by atoms with Gasteiger partial charge in [0.2, 0.25) is 0 Å². The zero-order valence-corrected chi connectivity index (χ0v) is 13.9. The molecule has 0 aliphatic heterocycles. The number of aromatic nitrogens is 3. The highest BCUT2D eigenvalue weighted by Gasteiger charge is 2.10. The summed E-state index contributed by atoms with van der Waals surface area (Å²) in [7, 11) is 0. The van der Waals surface area contributed by atoms with Crippen molar-refractivity contribution in [2.45, 2.75) is 13.1 Å². The average Bonchev–Trinajstić information content (AvgIpc) is 2.72. The maximum atomic E-state index is 12.1. The number of nitrogens with one attached hydrogen (secondary N) is 2. The van der Waals surface area contributed by atoms with Crippen LogP contribution in [-0.4, -0.2) is 26.8 Å². The molecule has 0 aliphatic carbocycles. The van der Waals surface area contributed by atoms with Gasteiger partial charge in [-0.05, 0) is 36.4 Å². The Morgan fingerprint density at radius 1 is 0.731 bits per heavy atom. The zero-order valence-electron chi connectivity index (χ0n) is 13.9. The fourth-order valence-electron chi connectivity index (χ4n) is 2.20. The van der Waals surface area contributed by atoms with E-state index in [-0.39, 0.29) is 17.5 Å². The molecular formula is C19H17N5O2. The van der Waals surface area contributed by atoms with Gasteiger partial charge in [0.25, 0.3) is 11.8 Å². The van der Waals surface area contributed by atoms with Crippen molar-refractivity contribution in [3.8, 4) is 0 Å². The van der Waals surface area contributed by atoms with Crippen LogP contribution in [0.4, 0.5) is 0 Å². The van der Waals surface area contributed by atoms with E-state index in [4.69, 9.17) is 0 Å². The first-order valence-electron chi connectivity index (χ1n) is 8.04. The van der Waals surface area contributed by atoms with E-state index < -0.39 is 0 Å². The second-order valence-corrected chi connectivity index (χ2v) is 5.44. The Balaban J connectivity index is 1.53. The number of pyridine rings is 3. The number of nitrogens with zero attached hydrogens (tertiary/aromatic N) is 3. The molecule has 3 aromatic heterocycles. The van der Waals surface area contributed by atoms with E-state index in [0.29, 0.717) is 18.7 Å². The second-order valence-electron chi connectivity index (χ2n) is 5.44. The van der Waals surface area contributed by atoms with Crippen LogP contribution in [0, 0.1) is 0 Å². The fraction of sp³-hybridized carbons (Fsp3) is 0.105. The number of hydrogen-bond donors (Lipinski definition) is 2. The summed E-state index contributed by atoms with van der Waals surface area (Å²) in [5.41, 5.74) is 2.13. The van der Waals surface area contributed by atoms with Gasteiger partial charge in [-0.2, -0.15) is 0 Å². The van der Waals surface area contributed by atoms with Crippen LogP contribution in [0.5, 0.6) is 0 Å². The normalized spacial score (nSPS) is 10.2. The van der Waals surface area contributed by atoms with Crippen molar-refractivity contribution < 1.29 is 9.59 Å². The minimum Gasteiger partial charge on any atom is -0.346 e. The Morgan fingerprint density at radius 3 is 1.85 bits per heavy atom. The molecule has 3 aromatic rings. The summed E-state index contributed by atoms with van der Waals surface area (Å²) >= 11 is 0. The molecule has 2 amide bonds. The largest absolute Gasteiger partial charge is 0.346 e. The molecule has 26 heavy (non-hydrogen) atoms. The van der Waals surface area contributed by atoms with E-state index in [1.165, 1.54) is 12.3 Å². The van der Waals surface area contributed by atoms with Crippen LogP contribution in [0.2, 0.25) is 0 Å². The number of amides is 2. The van der Waals surface area contributed by atoms with Gasteiger partial charge in [-0.15, -0.1) is 0 Å². The Morgan fingerprint density at radius 2 is 1.35 bits per heavy atom. The van der Waals surface area contributed by atoms with E-state index in [1.54, 1.807) is 18.5 Å². The Kier molecular flexibility index (Phi) is 5.61. The maximum absolute atomic E-state index is 12.1. The predicted molar refractivity (Wildman–Crippen MR) is 95.1 cm³/mol. The quantitative estimate of drug-likeness (QED) is 0.708. The highest BCUT2D eigenvalue weighted by molar-refractivity contribution is 5.96. The SMILES string of the molecule is O=C(NCc1ccccn1)c1ccc(C(=O)NCc2ccccn2)nc1. The van der Waals surface area contributed by atoms with Gasteiger partial charge in [0.1, 0.15) is 5.69 Å². The lowest BCUT2D eigenvalue weighted by molar-refractivity contribution is 0.0934. The minimum atomic E-state index is -0.323. The van der Waals surface area contributed by atoms with Gasteiger partial charge < -0.3 is 10.6 Å². The zero-order chi connectivity index (χ0) is 18.2. The third kappa shape index (κ3) is 4.70. The van der Waals surface area contributed by atoms with Crippen LogP contribution in [-0.2, 0) is 13.1 Å². The van der Waals surface area contributed by atoms with Crippen LogP contribution in [0.25, 0.3) is 0 Å². The third-order valence-electron chi connectivity index (χ3n) is 3.57. The van der Waals surface area contributed by atoms with Crippen LogP contribution >= 0.6 is 0 Å². The first-order chi connectivity index (χ1) is 12.7. The first kappa shape index (κ1) is 17.2. The summed E-state index contributed by atoms with van der Waals surface area (Å²) in [5, 5.41) is 5.50. The van der Waals surface area contributed by atoms with Crippen molar-refractivity contribution in [3.05, 3.63) is 89.8 Å². The van der Waals surface area contributed by atoms with Gasteiger partial charge in [-0.1, -0.05) is 12.1 Å². The van der Waals surface area contributed by atoms with Crippen molar-refractivity contribution in [1.82, 2.24) is 25.6 Å². The van der Waals surface area contributed by atoms with E-state index in [1.807, 2.05) is 36.4 Å². The summed E-state index contributed by atoms with van der Waals surface area (Å²) < 4.78 is 0. The number of carbonyl (C=O) groups excluding carboxylic acids is 2. The molecular weight excluding hydrogens is 330 g/mol. The summed E-state index contributed by atoms with van der Waals surface area (Å²) in [6.45, 7) is 0.639. The molecule has 0 bridgehead atoms. The molecule has 0 aromatic carbocycles. The lowest BCUT2D eigenvalue weighted by Crippen LogP contribution is -2.25. The second kappa shape index (κ2) is 8.48. The van der Waals surface area contributed by atoms with E-state index in [9.17, 15) is 9.59 Å². The van der Waals surface area contributed by atoms with Crippen molar-refractivity contribution in [2.24, 2.45) is 0 Å². The highest BCUT2D eigenvalue weighted by atomic mass is 16.2. The van der Waals surface area contributed by atoms with Crippen molar-refractivity contribution in [3.63, 3.8) is 0 Å². The lowest BCUT2D eigenvalue weighted by Gasteiger charge is -2.06. The monoisotopic (exact) mass is 347 g/mol. The standard InChI is InChI=1S/C19H17N5O2/c25-18(23-12-15-5-1-3-9-20-15)14-7-8-17(22-11-14)19(26)24-13-16-6-2-4-10-21-16/h1-11H,12-13H2,(H,23,25)(H,24,26). The molecule has 0 spiro atoms. The molecule has 130 valence electrons. The smallest absolute Gasteiger partial charge is 0.270 e. The van der Waals surface area contributed by atoms with Gasteiger partial charge in [0.05, 0.1) is 30.0 Å². The van der Waals surface area contributed by atoms with E-state index in [2.05, 4.69) is 25.6 Å². The molecule has 3 rings (SSSR count). The van der Waals surface area contributed by atoms with Gasteiger partial charge in [-0.3, -0.25) is 24.5 Å². The van der Waals surface area contributed by atoms with Crippen molar-refractivity contribution in [1.29, 1.82) is 0 Å². The molecule has 0 radical (unpaired) electrons. The van der Waals surface area contributed by atoms with E-state index in [0.717, 1.165) is 11.4 Å². The summed E-state index contributed by atoms with van der Waals surface area (Å²) in [4.78, 5) is 36.6. The molecule has 0 saturated heterocycles. The summed E-state index contributed by atoms with van der Waals surface area (Å²) in [6.07, 6.45) is 4.71. The van der Waals surface area contributed by atoms with Gasteiger partial charge >= 0.3 is 0 Å². The Bertz CT molecular complexity index is 793. The molecule has 0 unspecified atom stereocenters. The minimum absolute atomic E-state index is 0.238. The summed E-state index contributed by atoms with van der Waals surface area (Å²) in [5.74, 6) is -0.598. The molecule has 7 nitrogen and oxygen atoms in total. The molecule has 0 saturated carbocycles. The maximum Gasteiger partial charge on any atom is 0.270 e. The molecule has 3 heterocycles. The van der Waals surface area contributed by atoms with Crippen molar-refractivity contribution >= 4 is 11.8 Å². The van der Waals surface area contributed by atoms with Crippen LogP contribution in [0.3, 0.4) is 0 Å². The fourth-order valence-corrected chi connectivity index (χ4v) is 2.20. The molecule has 7 heteroatoms. The average molecular weight is 347 g/mol. The number of hydrogen-bond acceptors (Lipinski definition) is 5. The van der Waals surface area contributed by atoms with Gasteiger partial charge in [0.15, 0.2) is 0 Å². The lowest BCUT2D eigenvalue weighted by atomic mass is 10.2. The van der Waals surface area contributed by atoms with E-state index >= 15 is 0 Å². The molecule has 0 aliphatic rings. The predicted octanol–water partition coefficient (Wildman–Crippen LogP) is 1.73. The highest BCUT2D eigenvalue weighted by Crippen LogP contribution is 2.02. The summed E-state index contributed by atoms with van der Waals surface area (Å²) in [6, 6.07) is 14.1. The van der Waals surface area contributed by atoms with Crippen LogP contribution in [0.1, 0.15) is 32.2 Å². The Labute approximate surface area is 150 Å². The Hall–Kier alpha value is -3.61. The first-order valence-corrected chi connectivity index (χ1v) is 8.04. The molecule has 0 atom stereocenters. The molecule has 2 N–H and O–H groups in total. The van der Waals surface area contributed by atoms with Crippen LogP contribution < -0.4 is 10.6 Å². The van der Waals surface area contributed by atoms with Crippen LogP contribution in [0.15, 0.2) is 67.1 Å². The van der Waals surface area contributed by atoms with Gasteiger partial charge in [-0.25, -0.2) is 0 Å². The topological polar surface area (TPSA) is 96.9 Å². The third-order valence-corrected chi connectivity index (χ3v) is 3.57. The molecule has 0 fully saturated rings.